The van der Waals surface area contributed by atoms with Crippen molar-refractivity contribution in [1.29, 1.82) is 0 Å². The Morgan fingerprint density at radius 2 is 2.24 bits per heavy atom. The number of nitrogens with one attached hydrogen (secondary N) is 1. The van der Waals surface area contributed by atoms with Gasteiger partial charge in [-0.1, -0.05) is 23.8 Å². The van der Waals surface area contributed by atoms with Crippen LogP contribution in [-0.4, -0.2) is 11.5 Å². The van der Waals surface area contributed by atoms with Gasteiger partial charge in [-0.3, -0.25) is 4.98 Å². The molecule has 0 atom stereocenters. The molecule has 1 heterocycles. The number of anilines is 1. The number of hydrogen-bond donors (Lipinski definition) is 1. The van der Waals surface area contributed by atoms with Crippen molar-refractivity contribution in [2.24, 2.45) is 0 Å². The van der Waals surface area contributed by atoms with E-state index in [1.165, 1.54) is 0 Å². The third kappa shape index (κ3) is 2.98. The maximum absolute atomic E-state index is 5.95. The average Bonchev–Trinajstić information content (AvgIpc) is 2.34. The normalized spacial score (nSPS) is 11.2. The Bertz CT molecular complexity index is 535. The summed E-state index contributed by atoms with van der Waals surface area (Å²) in [5, 5.41) is 5.23. The van der Waals surface area contributed by atoms with Crippen LogP contribution >= 0.6 is 11.6 Å². The van der Waals surface area contributed by atoms with Crippen molar-refractivity contribution < 1.29 is 0 Å². The quantitative estimate of drug-likeness (QED) is 0.644. The van der Waals surface area contributed by atoms with Gasteiger partial charge in [0.15, 0.2) is 0 Å². The number of nitrogens with zero attached hydrogens (tertiary/aromatic N) is 1. The predicted molar refractivity (Wildman–Crippen MR) is 74.7 cm³/mol. The largest absolute Gasteiger partial charge is 0.384 e. The van der Waals surface area contributed by atoms with Crippen molar-refractivity contribution in [3.63, 3.8) is 0 Å². The van der Waals surface area contributed by atoms with Gasteiger partial charge in [0.25, 0.3) is 0 Å². The second kappa shape index (κ2) is 5.69. The number of fused-ring (bicyclic) bond motifs is 1. The van der Waals surface area contributed by atoms with Gasteiger partial charge < -0.3 is 5.32 Å². The monoisotopic (exact) mass is 246 g/mol. The SMILES string of the molecule is C/C=C/CCNc1ccnc2cc(Cl)ccc12. The van der Waals surface area contributed by atoms with E-state index in [1.807, 2.05) is 31.2 Å². The van der Waals surface area contributed by atoms with Crippen molar-refractivity contribution in [3.05, 3.63) is 47.6 Å². The Morgan fingerprint density at radius 1 is 1.35 bits per heavy atom. The van der Waals surface area contributed by atoms with Gasteiger partial charge in [-0.15, -0.1) is 0 Å². The maximum atomic E-state index is 5.95. The van der Waals surface area contributed by atoms with E-state index in [0.717, 1.165) is 34.6 Å². The third-order valence-electron chi connectivity index (χ3n) is 2.57. The molecule has 1 N–H and O–H groups in total. The number of benzene rings is 1. The number of pyridine rings is 1. The molecule has 0 spiro atoms. The molecule has 2 nitrogen and oxygen atoms in total. The lowest BCUT2D eigenvalue weighted by atomic mass is 10.2. The van der Waals surface area contributed by atoms with Crippen LogP contribution in [0.25, 0.3) is 10.9 Å². The summed E-state index contributed by atoms with van der Waals surface area (Å²) >= 11 is 5.95. The second-order valence-corrected chi connectivity index (χ2v) is 4.24. The molecule has 0 saturated carbocycles. The molecule has 0 aliphatic rings. The molecule has 17 heavy (non-hydrogen) atoms. The van der Waals surface area contributed by atoms with Gasteiger partial charge in [0.2, 0.25) is 0 Å². The van der Waals surface area contributed by atoms with Gasteiger partial charge in [0.05, 0.1) is 5.52 Å². The van der Waals surface area contributed by atoms with Gasteiger partial charge in [-0.25, -0.2) is 0 Å². The van der Waals surface area contributed by atoms with Crippen molar-refractivity contribution in [2.75, 3.05) is 11.9 Å². The summed E-state index contributed by atoms with van der Waals surface area (Å²) in [6.45, 7) is 2.95. The highest BCUT2D eigenvalue weighted by molar-refractivity contribution is 6.31. The standard InChI is InChI=1S/C14H15ClN2/c1-2-3-4-8-16-13-7-9-17-14-10-11(15)5-6-12(13)14/h2-3,5-7,9-10H,4,8H2,1H3,(H,16,17)/b3-2+. The van der Waals surface area contributed by atoms with Crippen LogP contribution in [0.4, 0.5) is 5.69 Å². The Morgan fingerprint density at radius 3 is 3.06 bits per heavy atom. The first-order chi connectivity index (χ1) is 8.31. The summed E-state index contributed by atoms with van der Waals surface area (Å²) in [6, 6.07) is 7.77. The average molecular weight is 247 g/mol. The van der Waals surface area contributed by atoms with E-state index in [9.17, 15) is 0 Å². The first-order valence-electron chi connectivity index (χ1n) is 5.70. The Balaban J connectivity index is 2.22. The fraction of sp³-hybridized carbons (Fsp3) is 0.214. The molecule has 0 radical (unpaired) electrons. The zero-order chi connectivity index (χ0) is 12.1. The summed E-state index contributed by atoms with van der Waals surface area (Å²) in [6.07, 6.45) is 7.03. The molecule has 0 aliphatic heterocycles. The highest BCUT2D eigenvalue weighted by Crippen LogP contribution is 2.24. The fourth-order valence-corrected chi connectivity index (χ4v) is 1.90. The van der Waals surface area contributed by atoms with Crippen LogP contribution in [0.5, 0.6) is 0 Å². The molecule has 0 fully saturated rings. The zero-order valence-corrected chi connectivity index (χ0v) is 10.5. The first-order valence-corrected chi connectivity index (χ1v) is 6.08. The summed E-state index contributed by atoms with van der Waals surface area (Å²) in [5.74, 6) is 0. The highest BCUT2D eigenvalue weighted by atomic mass is 35.5. The van der Waals surface area contributed by atoms with Crippen LogP contribution in [0.1, 0.15) is 13.3 Å². The van der Waals surface area contributed by atoms with E-state index in [4.69, 9.17) is 11.6 Å². The van der Waals surface area contributed by atoms with Crippen molar-refractivity contribution >= 4 is 28.2 Å². The van der Waals surface area contributed by atoms with Crippen LogP contribution in [0, 0.1) is 0 Å². The van der Waals surface area contributed by atoms with Crippen molar-refractivity contribution in [1.82, 2.24) is 4.98 Å². The van der Waals surface area contributed by atoms with E-state index in [-0.39, 0.29) is 0 Å². The lowest BCUT2D eigenvalue weighted by Crippen LogP contribution is -2.00. The molecule has 0 bridgehead atoms. The molecule has 1 aromatic carbocycles. The number of allylic oxidation sites excluding steroid dienone is 1. The summed E-state index contributed by atoms with van der Waals surface area (Å²) in [7, 11) is 0. The van der Waals surface area contributed by atoms with E-state index in [1.54, 1.807) is 6.20 Å². The molecule has 1 aromatic heterocycles. The van der Waals surface area contributed by atoms with Gasteiger partial charge >= 0.3 is 0 Å². The first kappa shape index (κ1) is 11.9. The van der Waals surface area contributed by atoms with Crippen LogP contribution in [0.2, 0.25) is 5.02 Å². The number of aromatic nitrogens is 1. The minimum Gasteiger partial charge on any atom is -0.384 e. The number of halogens is 1. The van der Waals surface area contributed by atoms with E-state index < -0.39 is 0 Å². The molecule has 0 aliphatic carbocycles. The van der Waals surface area contributed by atoms with Crippen LogP contribution < -0.4 is 5.32 Å². The number of rotatable bonds is 4. The molecular weight excluding hydrogens is 232 g/mol. The maximum Gasteiger partial charge on any atom is 0.0737 e. The molecular formula is C14H15ClN2. The molecule has 0 saturated heterocycles. The van der Waals surface area contributed by atoms with Gasteiger partial charge in [-0.05, 0) is 37.6 Å². The molecule has 2 rings (SSSR count). The van der Waals surface area contributed by atoms with Gasteiger partial charge in [0.1, 0.15) is 0 Å². The van der Waals surface area contributed by atoms with E-state index in [0.29, 0.717) is 0 Å². The summed E-state index contributed by atoms with van der Waals surface area (Å²) in [5.41, 5.74) is 2.03. The molecule has 2 aromatic rings. The summed E-state index contributed by atoms with van der Waals surface area (Å²) < 4.78 is 0. The van der Waals surface area contributed by atoms with Crippen molar-refractivity contribution in [3.8, 4) is 0 Å². The van der Waals surface area contributed by atoms with Gasteiger partial charge in [-0.2, -0.15) is 0 Å². The van der Waals surface area contributed by atoms with Gasteiger partial charge in [0, 0.05) is 28.8 Å². The Labute approximate surface area is 106 Å². The Hall–Kier alpha value is -1.54. The second-order valence-electron chi connectivity index (χ2n) is 3.80. The molecule has 0 unspecified atom stereocenters. The van der Waals surface area contributed by atoms with Crippen molar-refractivity contribution in [2.45, 2.75) is 13.3 Å². The molecule has 3 heteroatoms. The number of hydrogen-bond acceptors (Lipinski definition) is 2. The highest BCUT2D eigenvalue weighted by Gasteiger charge is 2.01. The van der Waals surface area contributed by atoms with Crippen LogP contribution in [0.15, 0.2) is 42.6 Å². The summed E-state index contributed by atoms with van der Waals surface area (Å²) in [4.78, 5) is 4.31. The molecule has 88 valence electrons. The van der Waals surface area contributed by atoms with E-state index in [2.05, 4.69) is 22.5 Å². The lowest BCUT2D eigenvalue weighted by Gasteiger charge is -2.08. The van der Waals surface area contributed by atoms with Crippen LogP contribution in [-0.2, 0) is 0 Å². The minimum atomic E-state index is 0.719. The third-order valence-corrected chi connectivity index (χ3v) is 2.80. The fourth-order valence-electron chi connectivity index (χ4n) is 1.73. The topological polar surface area (TPSA) is 24.9 Å². The smallest absolute Gasteiger partial charge is 0.0737 e. The Kier molecular flexibility index (Phi) is 3.99. The lowest BCUT2D eigenvalue weighted by molar-refractivity contribution is 1.07. The van der Waals surface area contributed by atoms with E-state index >= 15 is 0 Å². The zero-order valence-electron chi connectivity index (χ0n) is 9.78. The van der Waals surface area contributed by atoms with Crippen LogP contribution in [0.3, 0.4) is 0 Å². The predicted octanol–water partition coefficient (Wildman–Crippen LogP) is 4.27. The minimum absolute atomic E-state index is 0.719. The molecule has 0 amide bonds.